The van der Waals surface area contributed by atoms with Gasteiger partial charge in [0.25, 0.3) is 0 Å². The van der Waals surface area contributed by atoms with Gasteiger partial charge in [-0.25, -0.2) is 0 Å². The summed E-state index contributed by atoms with van der Waals surface area (Å²) in [6, 6.07) is 0. The first-order chi connectivity index (χ1) is 0. The van der Waals surface area contributed by atoms with Gasteiger partial charge in [0.1, 0.15) is 0 Å². The van der Waals surface area contributed by atoms with E-state index in [1.807, 2.05) is 0 Å². The molecule has 0 aliphatic rings. The molecule has 0 bridgehead atoms. The second-order valence-corrected chi connectivity index (χ2v) is 0. The Balaban J connectivity index is 0. The van der Waals surface area contributed by atoms with Crippen molar-refractivity contribution < 1.29 is 0 Å². The summed E-state index contributed by atoms with van der Waals surface area (Å²) in [5.74, 6) is 0. The van der Waals surface area contributed by atoms with Gasteiger partial charge >= 0.3 is 0 Å². The molecular weight excluding hydrogens is 102 g/mol. The Morgan fingerprint density at radius 1 is 1.00 bits per heavy atom. The van der Waals surface area contributed by atoms with Crippen molar-refractivity contribution in [3.8, 4) is 0 Å². The summed E-state index contributed by atoms with van der Waals surface area (Å²) < 4.78 is 0. The zero-order valence-electron chi connectivity index (χ0n) is 2.28. The molecule has 0 heterocycles. The van der Waals surface area contributed by atoms with Crippen molar-refractivity contribution in [1.82, 2.24) is 0 Å². The summed E-state index contributed by atoms with van der Waals surface area (Å²) in [5, 5.41) is 0. The van der Waals surface area contributed by atoms with E-state index in [0.29, 0.717) is 0 Å². The van der Waals surface area contributed by atoms with E-state index in [-0.39, 0.29) is 99.2 Å². The Morgan fingerprint density at radius 2 is 1.00 bits per heavy atom. The van der Waals surface area contributed by atoms with Gasteiger partial charge in [-0.2, -0.15) is 0 Å². The normalized spacial score (nSPS) is 0. The number of hydrogen-bond acceptors (Lipinski definition) is 0. The third-order valence-electron chi connectivity index (χ3n) is 0. The van der Waals surface area contributed by atoms with Crippen molar-refractivity contribution in [3.05, 3.63) is 0 Å². The van der Waals surface area contributed by atoms with Crippen LogP contribution < -0.4 is 0 Å². The summed E-state index contributed by atoms with van der Waals surface area (Å²) in [4.78, 5) is 0. The molecule has 0 aliphatic carbocycles. The summed E-state index contributed by atoms with van der Waals surface area (Å²) in [7, 11) is 0. The molecule has 0 N–H and O–H groups in total. The molecule has 0 saturated heterocycles. The van der Waals surface area contributed by atoms with Crippen LogP contribution in [0.5, 0.6) is 0 Å². The van der Waals surface area contributed by atoms with Crippen molar-refractivity contribution >= 4 is 91.8 Å². The fourth-order valence-corrected chi connectivity index (χ4v) is 0. The predicted molar refractivity (Wildman–Crippen MR) is 24.0 cm³/mol. The minimum atomic E-state index is 0. The van der Waals surface area contributed by atoms with E-state index in [2.05, 4.69) is 0 Å². The smallest absolute Gasteiger partial charge is 0 e. The van der Waals surface area contributed by atoms with Gasteiger partial charge in [-0.1, -0.05) is 7.43 Å². The SMILES string of the molecule is C.[Al].[K].[Mg]. The van der Waals surface area contributed by atoms with E-state index in [1.165, 1.54) is 0 Å². The van der Waals surface area contributed by atoms with Crippen molar-refractivity contribution in [2.24, 2.45) is 0 Å². The maximum Gasteiger partial charge on any atom is 0 e. The maximum absolute atomic E-state index is 0. The van der Waals surface area contributed by atoms with Gasteiger partial charge in [0, 0.05) is 91.8 Å². The van der Waals surface area contributed by atoms with Gasteiger partial charge < -0.3 is 0 Å². The van der Waals surface area contributed by atoms with Gasteiger partial charge in [-0.3, -0.25) is 0 Å². The average molecular weight is 106 g/mol. The first kappa shape index (κ1) is 28.4. The van der Waals surface area contributed by atoms with Crippen LogP contribution in [0.3, 0.4) is 0 Å². The van der Waals surface area contributed by atoms with Crippen LogP contribution in [0.1, 0.15) is 7.43 Å². The molecule has 6 radical (unpaired) electrons. The fraction of sp³-hybridized carbons (Fsp3) is 1.00. The second-order valence-electron chi connectivity index (χ2n) is 0. The van der Waals surface area contributed by atoms with Crippen LogP contribution in [-0.4, -0.2) is 91.8 Å². The Kier molecular flexibility index (Phi) is 119. The molecule has 0 saturated carbocycles. The molecule has 0 aromatic heterocycles. The second kappa shape index (κ2) is 16.8. The monoisotopic (exact) mass is 106 g/mol. The third-order valence-corrected chi connectivity index (χ3v) is 0. The van der Waals surface area contributed by atoms with Crippen molar-refractivity contribution in [2.75, 3.05) is 0 Å². The molecule has 0 amide bonds. The van der Waals surface area contributed by atoms with Gasteiger partial charge in [0.2, 0.25) is 0 Å². The largest absolute Gasteiger partial charge is 0.0776 e. The Hall–Kier alpha value is 2.94. The molecule has 0 aromatic carbocycles. The quantitative estimate of drug-likeness (QED) is 0.365. The van der Waals surface area contributed by atoms with Crippen LogP contribution in [-0.2, 0) is 0 Å². The molecule has 0 unspecified atom stereocenters. The minimum absolute atomic E-state index is 0. The van der Waals surface area contributed by atoms with E-state index >= 15 is 0 Å². The van der Waals surface area contributed by atoms with E-state index in [0.717, 1.165) is 0 Å². The van der Waals surface area contributed by atoms with Gasteiger partial charge in [-0.05, 0) is 0 Å². The zero-order valence-corrected chi connectivity index (χ0v) is 7.98. The van der Waals surface area contributed by atoms with E-state index < -0.39 is 0 Å². The fourth-order valence-electron chi connectivity index (χ4n) is 0. The molecular formula is CH4AlKMg. The first-order valence-electron chi connectivity index (χ1n) is 0. The standard InChI is InChI=1S/CH4.Al.K.Mg/h1H4;;;. The van der Waals surface area contributed by atoms with Crippen LogP contribution in [0.15, 0.2) is 0 Å². The van der Waals surface area contributed by atoms with E-state index in [9.17, 15) is 0 Å². The molecule has 3 heteroatoms. The molecule has 0 aromatic rings. The first-order valence-corrected chi connectivity index (χ1v) is 0. The van der Waals surface area contributed by atoms with Crippen LogP contribution >= 0.6 is 0 Å². The molecule has 0 aliphatic heterocycles. The predicted octanol–water partition coefficient (Wildman–Crippen LogP) is -0.506. The molecule has 0 rings (SSSR count). The molecule has 4 heavy (non-hydrogen) atoms. The summed E-state index contributed by atoms with van der Waals surface area (Å²) in [5.41, 5.74) is 0. The number of hydrogen-bond donors (Lipinski definition) is 0. The maximum atomic E-state index is 0. The van der Waals surface area contributed by atoms with Gasteiger partial charge in [0.05, 0.1) is 0 Å². The van der Waals surface area contributed by atoms with Crippen LogP contribution in [0.2, 0.25) is 0 Å². The third kappa shape index (κ3) is 8.87. The Labute approximate surface area is 96.8 Å². The minimum Gasteiger partial charge on any atom is -0.0776 e. The Bertz CT molecular complexity index is 8.00. The van der Waals surface area contributed by atoms with Crippen LogP contribution in [0, 0.1) is 0 Å². The molecule has 0 nitrogen and oxygen atoms in total. The Morgan fingerprint density at radius 3 is 1.00 bits per heavy atom. The van der Waals surface area contributed by atoms with Gasteiger partial charge in [-0.15, -0.1) is 0 Å². The summed E-state index contributed by atoms with van der Waals surface area (Å²) in [6.45, 7) is 0. The summed E-state index contributed by atoms with van der Waals surface area (Å²) >= 11 is 0. The van der Waals surface area contributed by atoms with E-state index in [4.69, 9.17) is 0 Å². The van der Waals surface area contributed by atoms with Crippen LogP contribution in [0.25, 0.3) is 0 Å². The van der Waals surface area contributed by atoms with E-state index in [1.54, 1.807) is 0 Å². The molecule has 0 spiro atoms. The number of rotatable bonds is 0. The van der Waals surface area contributed by atoms with Crippen molar-refractivity contribution in [3.63, 3.8) is 0 Å². The topological polar surface area (TPSA) is 0 Å². The average Bonchev–Trinajstić information content (AvgIpc) is 0. The molecule has 0 fully saturated rings. The summed E-state index contributed by atoms with van der Waals surface area (Å²) in [6.07, 6.45) is 0. The zero-order chi connectivity index (χ0) is 0. The van der Waals surface area contributed by atoms with Crippen LogP contribution in [0.4, 0.5) is 0 Å². The molecule has 0 atom stereocenters. The van der Waals surface area contributed by atoms with Crippen molar-refractivity contribution in [1.29, 1.82) is 0 Å². The molecule has 14 valence electrons. The van der Waals surface area contributed by atoms with Crippen molar-refractivity contribution in [2.45, 2.75) is 7.43 Å². The van der Waals surface area contributed by atoms with Gasteiger partial charge in [0.15, 0.2) is 0 Å².